The van der Waals surface area contributed by atoms with Gasteiger partial charge in [0.2, 0.25) is 0 Å². The number of hydrogen-bond donors (Lipinski definition) is 2. The van der Waals surface area contributed by atoms with E-state index in [1.807, 2.05) is 13.0 Å². The van der Waals surface area contributed by atoms with Crippen LogP contribution in [0.15, 0.2) is 0 Å². The maximum Gasteiger partial charge on any atom is 0.405 e. The second kappa shape index (κ2) is 5.86. The van der Waals surface area contributed by atoms with Gasteiger partial charge in [-0.15, -0.1) is 0 Å². The maximum atomic E-state index is 10.6. The van der Waals surface area contributed by atoms with Crippen molar-refractivity contribution in [2.24, 2.45) is 0 Å². The van der Waals surface area contributed by atoms with E-state index in [1.54, 1.807) is 4.90 Å². The lowest BCUT2D eigenvalue weighted by molar-refractivity contribution is 0.187. The first kappa shape index (κ1) is 14.9. The summed E-state index contributed by atoms with van der Waals surface area (Å²) < 4.78 is 0. The zero-order chi connectivity index (χ0) is 15.6. The topological polar surface area (TPSA) is 113 Å². The number of carboxylic acid groups (broad SMARTS) is 1. The van der Waals surface area contributed by atoms with Crippen LogP contribution in [0.25, 0.3) is 0 Å². The zero-order valence-electron chi connectivity index (χ0n) is 11.2. The molecule has 0 spiro atoms. The Bertz CT molecular complexity index is 671. The van der Waals surface area contributed by atoms with E-state index in [-0.39, 0.29) is 16.8 Å². The molecule has 1 fully saturated rings. The fourth-order valence-electron chi connectivity index (χ4n) is 2.32. The van der Waals surface area contributed by atoms with Gasteiger partial charge >= 0.3 is 6.09 Å². The van der Waals surface area contributed by atoms with Crippen molar-refractivity contribution >= 4 is 23.5 Å². The Morgan fingerprint density at radius 2 is 2.10 bits per heavy atom. The minimum Gasteiger partial charge on any atom is -0.465 e. The Morgan fingerprint density at radius 3 is 2.57 bits per heavy atom. The van der Waals surface area contributed by atoms with Crippen LogP contribution in [-0.2, 0) is 6.42 Å². The molecule has 1 aliphatic rings. The third-order valence-corrected chi connectivity index (χ3v) is 3.60. The molecule has 1 amide bonds. The van der Waals surface area contributed by atoms with Crippen molar-refractivity contribution in [2.45, 2.75) is 19.4 Å². The highest BCUT2D eigenvalue weighted by Crippen LogP contribution is 2.31. The smallest absolute Gasteiger partial charge is 0.405 e. The lowest BCUT2D eigenvalue weighted by Crippen LogP contribution is -2.59. The molecule has 0 bridgehead atoms. The fourth-order valence-corrected chi connectivity index (χ4v) is 2.56. The second-order valence-corrected chi connectivity index (χ2v) is 4.94. The number of carbonyl (C=O) groups is 1. The van der Waals surface area contributed by atoms with E-state index >= 15 is 0 Å². The summed E-state index contributed by atoms with van der Waals surface area (Å²) >= 11 is 6.01. The molecule has 1 aromatic heterocycles. The molecule has 0 radical (unpaired) electrons. The summed E-state index contributed by atoms with van der Waals surface area (Å²) in [5.41, 5.74) is 1.12. The van der Waals surface area contributed by atoms with Gasteiger partial charge in [0.25, 0.3) is 0 Å². The highest BCUT2D eigenvalue weighted by Gasteiger charge is 2.32. The Labute approximate surface area is 126 Å². The van der Waals surface area contributed by atoms with Crippen LogP contribution in [0, 0.1) is 22.7 Å². The van der Waals surface area contributed by atoms with Crippen molar-refractivity contribution in [3.05, 3.63) is 21.8 Å². The van der Waals surface area contributed by atoms with Gasteiger partial charge in [-0.3, -0.25) is 0 Å². The highest BCUT2D eigenvalue weighted by atomic mass is 35.5. The first-order valence-electron chi connectivity index (χ1n) is 6.28. The van der Waals surface area contributed by atoms with Crippen molar-refractivity contribution in [1.82, 2.24) is 10.3 Å². The summed E-state index contributed by atoms with van der Waals surface area (Å²) in [5.74, 6) is 0.404. The largest absolute Gasteiger partial charge is 0.465 e. The lowest BCUT2D eigenvalue weighted by Gasteiger charge is -2.40. The molecule has 7 nitrogen and oxygen atoms in total. The highest BCUT2D eigenvalue weighted by molar-refractivity contribution is 6.30. The average Bonchev–Trinajstić information content (AvgIpc) is 2.40. The van der Waals surface area contributed by atoms with Crippen LogP contribution in [0.5, 0.6) is 0 Å². The Balaban J connectivity index is 2.34. The van der Waals surface area contributed by atoms with E-state index in [0.717, 1.165) is 0 Å². The van der Waals surface area contributed by atoms with Crippen LogP contribution < -0.4 is 10.2 Å². The van der Waals surface area contributed by atoms with E-state index in [1.165, 1.54) is 0 Å². The molecule has 0 unspecified atom stereocenters. The van der Waals surface area contributed by atoms with Crippen LogP contribution in [-0.4, -0.2) is 35.3 Å². The molecule has 21 heavy (non-hydrogen) atoms. The number of nitriles is 2. The van der Waals surface area contributed by atoms with Gasteiger partial charge in [0.15, 0.2) is 0 Å². The van der Waals surface area contributed by atoms with Crippen molar-refractivity contribution in [3.8, 4) is 12.1 Å². The quantitative estimate of drug-likeness (QED) is 0.818. The normalized spacial score (nSPS) is 14.0. The molecule has 2 N–H and O–H groups in total. The predicted octanol–water partition coefficient (Wildman–Crippen LogP) is 1.50. The summed E-state index contributed by atoms with van der Waals surface area (Å²) in [4.78, 5) is 16.5. The summed E-state index contributed by atoms with van der Waals surface area (Å²) in [6.07, 6.45) is -0.591. The van der Waals surface area contributed by atoms with Gasteiger partial charge in [-0.25, -0.2) is 9.78 Å². The zero-order valence-corrected chi connectivity index (χ0v) is 12.0. The number of amides is 1. The third kappa shape index (κ3) is 2.69. The first-order valence-corrected chi connectivity index (χ1v) is 6.66. The number of anilines is 1. The lowest BCUT2D eigenvalue weighted by atomic mass is 10.00. The fraction of sp³-hybridized carbons (Fsp3) is 0.385. The molecule has 0 aliphatic carbocycles. The number of halogens is 1. The molecule has 1 aromatic rings. The van der Waals surface area contributed by atoms with Crippen LogP contribution in [0.4, 0.5) is 10.6 Å². The number of nitrogens with zero attached hydrogens (tertiary/aromatic N) is 4. The van der Waals surface area contributed by atoms with E-state index in [2.05, 4.69) is 16.4 Å². The molecule has 0 saturated carbocycles. The number of aromatic nitrogens is 1. The van der Waals surface area contributed by atoms with Crippen LogP contribution in [0.2, 0.25) is 5.15 Å². The average molecular weight is 306 g/mol. The van der Waals surface area contributed by atoms with Gasteiger partial charge in [0.05, 0.1) is 17.2 Å². The first-order chi connectivity index (χ1) is 10.0. The molecule has 0 aromatic carbocycles. The molecule has 0 atom stereocenters. The summed E-state index contributed by atoms with van der Waals surface area (Å²) in [7, 11) is 0. The Morgan fingerprint density at radius 1 is 1.48 bits per heavy atom. The van der Waals surface area contributed by atoms with Crippen LogP contribution in [0.1, 0.15) is 23.6 Å². The van der Waals surface area contributed by atoms with Gasteiger partial charge in [-0.05, 0) is 12.0 Å². The Hall–Kier alpha value is -2.51. The Kier molecular flexibility index (Phi) is 4.15. The number of rotatable bonds is 3. The molecule has 2 heterocycles. The molecule has 2 rings (SSSR count). The van der Waals surface area contributed by atoms with Crippen LogP contribution >= 0.6 is 11.6 Å². The van der Waals surface area contributed by atoms with Gasteiger partial charge in [-0.2, -0.15) is 10.5 Å². The van der Waals surface area contributed by atoms with Crippen molar-refractivity contribution in [1.29, 1.82) is 10.5 Å². The van der Waals surface area contributed by atoms with Gasteiger partial charge < -0.3 is 15.3 Å². The van der Waals surface area contributed by atoms with Gasteiger partial charge in [-0.1, -0.05) is 18.5 Å². The summed E-state index contributed by atoms with van der Waals surface area (Å²) in [6.45, 7) is 2.67. The summed E-state index contributed by atoms with van der Waals surface area (Å²) in [5, 5.41) is 29.5. The van der Waals surface area contributed by atoms with E-state index in [9.17, 15) is 10.1 Å². The minimum atomic E-state index is -1.08. The van der Waals surface area contributed by atoms with Gasteiger partial charge in [0.1, 0.15) is 23.1 Å². The maximum absolute atomic E-state index is 10.6. The molecule has 1 aliphatic heterocycles. The number of pyridine rings is 1. The SMILES string of the molecule is CCc1c(C#N)c(Cl)nc(N2CC(NC(=O)O)C2)c1C#N. The summed E-state index contributed by atoms with van der Waals surface area (Å²) in [6, 6.07) is 3.84. The molecular weight excluding hydrogens is 294 g/mol. The third-order valence-electron chi connectivity index (χ3n) is 3.32. The molecule has 8 heteroatoms. The molecular formula is C13H12ClN5O2. The molecule has 1 saturated heterocycles. The monoisotopic (exact) mass is 305 g/mol. The van der Waals surface area contributed by atoms with E-state index in [4.69, 9.17) is 22.0 Å². The van der Waals surface area contributed by atoms with E-state index < -0.39 is 6.09 Å². The second-order valence-electron chi connectivity index (χ2n) is 4.58. The predicted molar refractivity (Wildman–Crippen MR) is 75.2 cm³/mol. The minimum absolute atomic E-state index is 0.0676. The number of nitrogens with one attached hydrogen (secondary N) is 1. The number of hydrogen-bond acceptors (Lipinski definition) is 5. The molecule has 108 valence electrons. The van der Waals surface area contributed by atoms with Gasteiger partial charge in [0, 0.05) is 13.1 Å². The van der Waals surface area contributed by atoms with Crippen LogP contribution in [0.3, 0.4) is 0 Å². The standard InChI is InChI=1S/C13H12ClN5O2/c1-2-8-9(3-15)11(14)18-12(10(8)4-16)19-5-7(6-19)17-13(20)21/h7,17H,2,5-6H2,1H3,(H,20,21). The van der Waals surface area contributed by atoms with Crippen molar-refractivity contribution in [2.75, 3.05) is 18.0 Å². The van der Waals surface area contributed by atoms with Crippen molar-refractivity contribution in [3.63, 3.8) is 0 Å². The van der Waals surface area contributed by atoms with Crippen molar-refractivity contribution < 1.29 is 9.90 Å². The van der Waals surface area contributed by atoms with E-state index in [0.29, 0.717) is 36.5 Å².